The fraction of sp³-hybridized carbons (Fsp3) is 1.00. The van der Waals surface area contributed by atoms with Crippen LogP contribution in [0, 0.1) is 52.3 Å². The van der Waals surface area contributed by atoms with E-state index in [1.807, 2.05) is 0 Å². The zero-order valence-electron chi connectivity index (χ0n) is 43.3. The van der Waals surface area contributed by atoms with Gasteiger partial charge in [0.2, 0.25) is 1.43 Å². The number of ether oxygens (including phenoxy) is 9. The minimum absolute atomic E-state index is 0.104. The molecule has 31 atom stereocenters. The molecule has 0 bridgehead atoms. The topological polar surface area (TPSA) is 369 Å². The lowest BCUT2D eigenvalue weighted by Crippen LogP contribution is -2.68. The molecule has 0 aromatic carbocycles. The molecule has 23 nitrogen and oxygen atoms in total. The Kier molecular flexibility index (Phi) is 16.7. The van der Waals surface area contributed by atoms with E-state index in [4.69, 9.17) is 49.5 Å². The van der Waals surface area contributed by atoms with Gasteiger partial charge in [-0.1, -0.05) is 27.7 Å². The maximum absolute atomic E-state index is 11.8. The number of nitrogens with one attached hydrogen (secondary N) is 1. The van der Waals surface area contributed by atoms with Crippen LogP contribution in [0.5, 0.6) is 0 Å². The van der Waals surface area contributed by atoms with Gasteiger partial charge in [-0.05, 0) is 111 Å². The van der Waals surface area contributed by atoms with Crippen molar-refractivity contribution in [3.63, 3.8) is 0 Å². The van der Waals surface area contributed by atoms with Gasteiger partial charge in [-0.2, -0.15) is 0 Å². The molecular weight excluding hydrogens is 967 g/mol. The highest BCUT2D eigenvalue weighted by Crippen LogP contribution is 2.71. The van der Waals surface area contributed by atoms with Crippen LogP contribution in [0.1, 0.15) is 93.3 Å². The van der Waals surface area contributed by atoms with Gasteiger partial charge >= 0.3 is 0 Å². The molecule has 6 aliphatic heterocycles. The van der Waals surface area contributed by atoms with Gasteiger partial charge in [0.15, 0.2) is 25.2 Å². The molecule has 15 N–H and O–H groups in total. The van der Waals surface area contributed by atoms with E-state index >= 15 is 0 Å². The molecule has 10 fully saturated rings. The number of fused-ring (bicyclic) bond motifs is 7. The first-order chi connectivity index (χ1) is 35.3. The Morgan fingerprint density at radius 1 is 0.575 bits per heavy atom. The van der Waals surface area contributed by atoms with Crippen molar-refractivity contribution in [1.82, 2.24) is 5.32 Å². The van der Waals surface area contributed by atoms with Crippen LogP contribution >= 0.6 is 0 Å². The van der Waals surface area contributed by atoms with E-state index < -0.39 is 143 Å². The summed E-state index contributed by atoms with van der Waals surface area (Å²) in [6.45, 7) is 7.84. The van der Waals surface area contributed by atoms with Gasteiger partial charge in [0.25, 0.3) is 0 Å². The second-order valence-electron chi connectivity index (χ2n) is 24.0. The predicted octanol–water partition coefficient (Wildman–Crippen LogP) is -3.52. The van der Waals surface area contributed by atoms with Crippen molar-refractivity contribution in [1.29, 1.82) is 0 Å². The first-order valence-electron chi connectivity index (χ1n) is 27.3. The van der Waals surface area contributed by atoms with Crippen molar-refractivity contribution in [2.45, 2.75) is 227 Å². The van der Waals surface area contributed by atoms with E-state index in [0.717, 1.165) is 45.1 Å². The van der Waals surface area contributed by atoms with Crippen LogP contribution in [0.25, 0.3) is 0 Å². The summed E-state index contributed by atoms with van der Waals surface area (Å²) in [5.41, 5.74) is 6.40. The molecule has 4 aliphatic carbocycles. The second-order valence-corrected chi connectivity index (χ2v) is 24.0. The molecule has 0 radical (unpaired) electrons. The molecule has 6 heterocycles. The maximum atomic E-state index is 11.8. The summed E-state index contributed by atoms with van der Waals surface area (Å²) in [4.78, 5) is 0. The SMILES string of the molecule is CC1CCC2(NC1)OC1CC3C4CCC5CC(OC6OC(CO)C(OC7OC(CO)C(O)C(OC8OCC(O)C(O)C8O)C7OC7OC(CO)C(O)C(O)C7O)C(O)C6O)CCC5(C)C4CCC3(C)C1C2C.[2H]O. The molecule has 4 saturated carbocycles. The molecule has 31 unspecified atom stereocenters. The molecule has 0 aromatic heterocycles. The van der Waals surface area contributed by atoms with Gasteiger partial charge in [-0.15, -0.1) is 0 Å². The van der Waals surface area contributed by atoms with E-state index in [-0.39, 0.29) is 28.8 Å². The number of hydrogen-bond donors (Lipinski definition) is 13. The first-order valence-corrected chi connectivity index (χ1v) is 26.8. The fourth-order valence-corrected chi connectivity index (χ4v) is 16.1. The Morgan fingerprint density at radius 3 is 1.89 bits per heavy atom. The van der Waals surface area contributed by atoms with Gasteiger partial charge in [0.05, 0.1) is 38.6 Å². The van der Waals surface area contributed by atoms with E-state index in [1.165, 1.54) is 19.3 Å². The summed E-state index contributed by atoms with van der Waals surface area (Å²) < 4.78 is 59.8. The molecular formula is C50H85NO22. The number of aliphatic hydroxyl groups is 12. The van der Waals surface area contributed by atoms with E-state index in [2.05, 4.69) is 33.0 Å². The fourth-order valence-electron chi connectivity index (χ4n) is 16.1. The molecule has 73 heavy (non-hydrogen) atoms. The minimum atomic E-state index is -1.99. The average Bonchev–Trinajstić information content (AvgIpc) is 3.89. The van der Waals surface area contributed by atoms with Crippen molar-refractivity contribution in [3.8, 4) is 0 Å². The quantitative estimate of drug-likeness (QED) is 0.0892. The van der Waals surface area contributed by atoms with Crippen LogP contribution < -0.4 is 5.32 Å². The summed E-state index contributed by atoms with van der Waals surface area (Å²) in [6, 6.07) is 0. The zero-order valence-corrected chi connectivity index (χ0v) is 42.3. The van der Waals surface area contributed by atoms with Crippen LogP contribution in [-0.4, -0.2) is 234 Å². The summed E-state index contributed by atoms with van der Waals surface area (Å²) >= 11 is 0. The standard InChI is InChI=1S/C50H83NO21.H2O/c1-20-7-12-50(51-15-20)21(2)32-28(72-50)14-26-24-6-5-22-13-23(8-10-48(22,3)25(24)9-11-49(26,32)4)65-45-40(63)37(60)41(31(18-54)68-45)69-47-43(71-46-39(62)36(59)34(57)29(16-52)66-46)42(35(58)30(17-53)67-47)70-44-38(61)33(56)27(55)19-64-44;/h20-47,51-63H,5-19H2,1-4H3;1H2/i/hD. The Labute approximate surface area is 427 Å². The Morgan fingerprint density at radius 2 is 1.19 bits per heavy atom. The summed E-state index contributed by atoms with van der Waals surface area (Å²) in [6.07, 6.45) is -22.4. The largest absolute Gasteiger partial charge is 0.412 e. The summed E-state index contributed by atoms with van der Waals surface area (Å²) in [5, 5.41) is 133. The summed E-state index contributed by atoms with van der Waals surface area (Å²) in [5.74, 6) is 3.87. The van der Waals surface area contributed by atoms with Crippen molar-refractivity contribution >= 4 is 0 Å². The number of aliphatic hydroxyl groups excluding tert-OH is 12. The van der Waals surface area contributed by atoms with Crippen LogP contribution in [0.15, 0.2) is 0 Å². The predicted molar refractivity (Wildman–Crippen MR) is 248 cm³/mol. The lowest BCUT2D eigenvalue weighted by molar-refractivity contribution is -0.404. The van der Waals surface area contributed by atoms with Gasteiger partial charge in [0.1, 0.15) is 97.3 Å². The van der Waals surface area contributed by atoms with Crippen molar-refractivity contribution in [2.24, 2.45) is 52.3 Å². The number of piperidine rings is 1. The molecule has 422 valence electrons. The Bertz CT molecular complexity index is 1840. The second kappa shape index (κ2) is 22.0. The smallest absolute Gasteiger partial charge is 0.206 e. The van der Waals surface area contributed by atoms with Crippen LogP contribution in [0.2, 0.25) is 0 Å². The van der Waals surface area contributed by atoms with E-state index in [1.54, 1.807) is 0 Å². The van der Waals surface area contributed by atoms with E-state index in [0.29, 0.717) is 47.8 Å². The van der Waals surface area contributed by atoms with Crippen molar-refractivity contribution in [3.05, 3.63) is 0 Å². The Hall–Kier alpha value is -0.920. The zero-order chi connectivity index (χ0) is 53.3. The highest BCUT2D eigenvalue weighted by Gasteiger charge is 2.69. The number of rotatable bonds is 11. The first kappa shape index (κ1) is 55.4. The van der Waals surface area contributed by atoms with Crippen molar-refractivity contribution in [2.75, 3.05) is 33.0 Å². The molecule has 23 heteroatoms. The lowest BCUT2D eigenvalue weighted by atomic mass is 9.44. The molecule has 0 aromatic rings. The average molecular weight is 1050 g/mol. The van der Waals surface area contributed by atoms with Gasteiger partial charge in [-0.3, -0.25) is 5.32 Å². The third-order valence-corrected chi connectivity index (χ3v) is 20.2. The molecule has 0 amide bonds. The third kappa shape index (κ3) is 9.80. The van der Waals surface area contributed by atoms with Gasteiger partial charge < -0.3 is 109 Å². The number of hydrogen-bond acceptors (Lipinski definition) is 22. The molecule has 1 spiro atoms. The highest BCUT2D eigenvalue weighted by atomic mass is 16.8. The van der Waals surface area contributed by atoms with Crippen LogP contribution in [-0.2, 0) is 42.6 Å². The van der Waals surface area contributed by atoms with Gasteiger partial charge in [0, 0.05) is 12.5 Å². The highest BCUT2D eigenvalue weighted by molar-refractivity contribution is 5.16. The normalized spacial score (nSPS) is 57.1. The molecule has 6 saturated heterocycles. The maximum Gasteiger partial charge on any atom is 0.206 e. The van der Waals surface area contributed by atoms with Gasteiger partial charge in [-0.25, -0.2) is 0 Å². The Balaban J connectivity index is 0.00000332. The van der Waals surface area contributed by atoms with Crippen molar-refractivity contribution < 1.29 is 111 Å². The lowest BCUT2D eigenvalue weighted by Gasteiger charge is -2.61. The molecule has 10 rings (SSSR count). The monoisotopic (exact) mass is 1050 g/mol. The summed E-state index contributed by atoms with van der Waals surface area (Å²) in [7, 11) is 0. The van der Waals surface area contributed by atoms with E-state index in [9.17, 15) is 61.3 Å². The van der Waals surface area contributed by atoms with Crippen LogP contribution in [0.4, 0.5) is 0 Å². The minimum Gasteiger partial charge on any atom is -0.412 e. The molecule has 10 aliphatic rings. The third-order valence-electron chi connectivity index (χ3n) is 20.2. The van der Waals surface area contributed by atoms with Crippen LogP contribution in [0.3, 0.4) is 0 Å².